The third-order valence-electron chi connectivity index (χ3n) is 5.05. The van der Waals surface area contributed by atoms with Crippen molar-refractivity contribution in [1.82, 2.24) is 14.7 Å². The van der Waals surface area contributed by atoms with Crippen molar-refractivity contribution in [2.75, 3.05) is 11.9 Å². The number of halogens is 5. The van der Waals surface area contributed by atoms with Crippen LogP contribution >= 0.6 is 23.2 Å². The minimum absolute atomic E-state index is 0.0354. The van der Waals surface area contributed by atoms with Gasteiger partial charge in [-0.1, -0.05) is 29.3 Å². The summed E-state index contributed by atoms with van der Waals surface area (Å²) in [5.74, 6) is -1.13. The van der Waals surface area contributed by atoms with E-state index in [1.165, 1.54) is 17.0 Å². The summed E-state index contributed by atoms with van der Waals surface area (Å²) in [5.41, 5.74) is 7.37. The molecular weight excluding hydrogens is 498 g/mol. The molecule has 0 bridgehead atoms. The molecule has 2 aromatic carbocycles. The molecule has 0 fully saturated rings. The number of ether oxygens (including phenoxy) is 1. The molecule has 8 nitrogen and oxygen atoms in total. The van der Waals surface area contributed by atoms with Gasteiger partial charge in [0.2, 0.25) is 0 Å². The van der Waals surface area contributed by atoms with Crippen molar-refractivity contribution in [3.8, 4) is 17.0 Å². The Morgan fingerprint density at radius 2 is 1.76 bits per heavy atom. The third kappa shape index (κ3) is 5.05. The molecule has 0 unspecified atom stereocenters. The minimum Gasteiger partial charge on any atom is -0.406 e. The highest BCUT2D eigenvalue weighted by molar-refractivity contribution is 6.42. The Bertz CT molecular complexity index is 1260. The number of benzene rings is 2. The second-order valence-electron chi connectivity index (χ2n) is 7.31. The van der Waals surface area contributed by atoms with Gasteiger partial charge in [-0.3, -0.25) is 9.48 Å². The monoisotopic (exact) mass is 513 g/mol. The minimum atomic E-state index is -4.81. The van der Waals surface area contributed by atoms with Crippen molar-refractivity contribution in [2.24, 2.45) is 5.73 Å². The lowest BCUT2D eigenvalue weighted by Crippen LogP contribution is -2.41. The number of nitrogens with one attached hydrogen (secondary N) is 1. The second-order valence-corrected chi connectivity index (χ2v) is 8.12. The van der Waals surface area contributed by atoms with Crippen LogP contribution < -0.4 is 15.8 Å². The van der Waals surface area contributed by atoms with Crippen molar-refractivity contribution in [3.63, 3.8) is 0 Å². The maximum Gasteiger partial charge on any atom is 0.573 e. The molecule has 0 saturated carbocycles. The first-order valence-electron chi connectivity index (χ1n) is 9.78. The molecule has 3 N–H and O–H groups in total. The predicted molar refractivity (Wildman–Crippen MR) is 119 cm³/mol. The number of fused-ring (bicyclic) bond motifs is 1. The largest absolute Gasteiger partial charge is 0.573 e. The fourth-order valence-electron chi connectivity index (χ4n) is 3.54. The summed E-state index contributed by atoms with van der Waals surface area (Å²) in [6, 6.07) is 9.03. The van der Waals surface area contributed by atoms with Gasteiger partial charge in [-0.25, -0.2) is 4.79 Å². The molecule has 1 aliphatic heterocycles. The molecule has 0 spiro atoms. The van der Waals surface area contributed by atoms with E-state index in [0.717, 1.165) is 12.1 Å². The molecule has 1 aromatic heterocycles. The van der Waals surface area contributed by atoms with E-state index in [-0.39, 0.29) is 29.4 Å². The number of alkyl halides is 3. The third-order valence-corrected chi connectivity index (χ3v) is 5.78. The Balaban J connectivity index is 1.53. The lowest BCUT2D eigenvalue weighted by Gasteiger charge is -2.28. The number of primary amides is 1. The van der Waals surface area contributed by atoms with Crippen LogP contribution in [0.15, 0.2) is 42.5 Å². The number of carbonyl (C=O) groups excluding carboxylic acids is 2. The fourth-order valence-corrected chi connectivity index (χ4v) is 3.84. The standard InChI is InChI=1S/C21H16Cl2F3N5O3/c22-14-6-1-11(9-15(14)23)18-17(19(27)32)16-10-30(7-8-31(16)29-18)20(33)28-12-2-4-13(5-3-12)34-21(24,25)26/h1-6,9H,7-8,10H2,(H2,27,32)(H,28,33). The van der Waals surface area contributed by atoms with Gasteiger partial charge in [0.15, 0.2) is 0 Å². The summed E-state index contributed by atoms with van der Waals surface area (Å²) < 4.78 is 42.3. The second kappa shape index (κ2) is 9.07. The SMILES string of the molecule is NC(=O)c1c(-c2ccc(Cl)c(Cl)c2)nn2c1CN(C(=O)Nc1ccc(OC(F)(F)F)cc1)CC2. The smallest absolute Gasteiger partial charge is 0.406 e. The number of aromatic nitrogens is 2. The van der Waals surface area contributed by atoms with Gasteiger partial charge < -0.3 is 20.7 Å². The highest BCUT2D eigenvalue weighted by Gasteiger charge is 2.31. The van der Waals surface area contributed by atoms with Crippen LogP contribution in [0.3, 0.4) is 0 Å². The van der Waals surface area contributed by atoms with Gasteiger partial charge in [-0.15, -0.1) is 13.2 Å². The van der Waals surface area contributed by atoms with Crippen LogP contribution in [-0.2, 0) is 13.1 Å². The molecule has 3 amide bonds. The first kappa shape index (κ1) is 23.7. The molecule has 178 valence electrons. The van der Waals surface area contributed by atoms with Crippen LogP contribution in [0.4, 0.5) is 23.7 Å². The number of rotatable bonds is 4. The Kier molecular flexibility index (Phi) is 6.32. The molecule has 34 heavy (non-hydrogen) atoms. The average molecular weight is 514 g/mol. The lowest BCUT2D eigenvalue weighted by molar-refractivity contribution is -0.274. The van der Waals surface area contributed by atoms with Crippen molar-refractivity contribution in [2.45, 2.75) is 19.5 Å². The topological polar surface area (TPSA) is 102 Å². The molecular formula is C21H16Cl2F3N5O3. The van der Waals surface area contributed by atoms with Crippen molar-refractivity contribution < 1.29 is 27.5 Å². The molecule has 3 aromatic rings. The zero-order chi connectivity index (χ0) is 24.6. The van der Waals surface area contributed by atoms with E-state index >= 15 is 0 Å². The number of hydrogen-bond donors (Lipinski definition) is 2. The lowest BCUT2D eigenvalue weighted by atomic mass is 10.0. The molecule has 1 aliphatic rings. The summed E-state index contributed by atoms with van der Waals surface area (Å²) in [4.78, 5) is 26.5. The quantitative estimate of drug-likeness (QED) is 0.517. The Morgan fingerprint density at radius 3 is 2.38 bits per heavy atom. The van der Waals surface area contributed by atoms with Gasteiger partial charge in [0.05, 0.1) is 34.4 Å². The number of nitrogens with two attached hydrogens (primary N) is 1. The first-order chi connectivity index (χ1) is 16.0. The van der Waals surface area contributed by atoms with Crippen LogP contribution in [0.2, 0.25) is 10.0 Å². The zero-order valence-corrected chi connectivity index (χ0v) is 18.7. The Labute approximate surface area is 201 Å². The van der Waals surface area contributed by atoms with E-state index in [9.17, 15) is 22.8 Å². The number of hydrogen-bond acceptors (Lipinski definition) is 4. The van der Waals surface area contributed by atoms with E-state index in [2.05, 4.69) is 15.2 Å². The van der Waals surface area contributed by atoms with E-state index in [0.29, 0.717) is 28.5 Å². The van der Waals surface area contributed by atoms with Gasteiger partial charge >= 0.3 is 12.4 Å². The number of amides is 3. The first-order valence-corrected chi connectivity index (χ1v) is 10.5. The Morgan fingerprint density at radius 1 is 1.06 bits per heavy atom. The molecule has 0 saturated heterocycles. The average Bonchev–Trinajstić information content (AvgIpc) is 3.15. The number of nitrogens with zero attached hydrogens (tertiary/aromatic N) is 3. The molecule has 13 heteroatoms. The van der Waals surface area contributed by atoms with Gasteiger partial charge in [-0.05, 0) is 36.4 Å². The van der Waals surface area contributed by atoms with Gasteiger partial charge in [0.1, 0.15) is 11.4 Å². The van der Waals surface area contributed by atoms with Crippen molar-refractivity contribution >= 4 is 40.8 Å². The van der Waals surface area contributed by atoms with Crippen LogP contribution in [-0.4, -0.2) is 39.5 Å². The van der Waals surface area contributed by atoms with Crippen LogP contribution in [0.25, 0.3) is 11.3 Å². The van der Waals surface area contributed by atoms with E-state index in [1.807, 2.05) is 0 Å². The van der Waals surface area contributed by atoms with Gasteiger partial charge in [-0.2, -0.15) is 5.10 Å². The summed E-state index contributed by atoms with van der Waals surface area (Å²) in [6.45, 7) is 0.602. The predicted octanol–water partition coefficient (Wildman–Crippen LogP) is 4.90. The maximum atomic E-state index is 12.8. The molecule has 4 rings (SSSR count). The molecule has 2 heterocycles. The van der Waals surface area contributed by atoms with E-state index < -0.39 is 24.1 Å². The zero-order valence-electron chi connectivity index (χ0n) is 17.2. The van der Waals surface area contributed by atoms with E-state index in [4.69, 9.17) is 28.9 Å². The van der Waals surface area contributed by atoms with E-state index in [1.54, 1.807) is 22.9 Å². The van der Waals surface area contributed by atoms with Crippen molar-refractivity contribution in [1.29, 1.82) is 0 Å². The fraction of sp³-hybridized carbons (Fsp3) is 0.190. The number of anilines is 1. The summed E-state index contributed by atoms with van der Waals surface area (Å²) >= 11 is 12.1. The highest BCUT2D eigenvalue weighted by atomic mass is 35.5. The summed E-state index contributed by atoms with van der Waals surface area (Å²) in [7, 11) is 0. The molecule has 0 aliphatic carbocycles. The molecule has 0 radical (unpaired) electrons. The van der Waals surface area contributed by atoms with Crippen LogP contribution in [0.1, 0.15) is 16.1 Å². The van der Waals surface area contributed by atoms with Crippen molar-refractivity contribution in [3.05, 3.63) is 63.8 Å². The van der Waals surface area contributed by atoms with Gasteiger partial charge in [0, 0.05) is 17.8 Å². The Hall–Kier alpha value is -3.44. The van der Waals surface area contributed by atoms with Crippen LogP contribution in [0.5, 0.6) is 5.75 Å². The van der Waals surface area contributed by atoms with Crippen LogP contribution in [0, 0.1) is 0 Å². The normalized spacial score (nSPS) is 13.4. The summed E-state index contributed by atoms with van der Waals surface area (Å²) in [6.07, 6.45) is -4.81. The number of carbonyl (C=O) groups is 2. The number of urea groups is 1. The maximum absolute atomic E-state index is 12.8. The highest BCUT2D eigenvalue weighted by Crippen LogP contribution is 2.32. The summed E-state index contributed by atoms with van der Waals surface area (Å²) in [5, 5.41) is 7.71. The molecule has 0 atom stereocenters. The van der Waals surface area contributed by atoms with Gasteiger partial charge in [0.25, 0.3) is 5.91 Å².